The van der Waals surface area contributed by atoms with Crippen LogP contribution >= 0.6 is 0 Å². The molecular weight excluding hydrogens is 332 g/mol. The number of rotatable bonds is 5. The van der Waals surface area contributed by atoms with E-state index >= 15 is 0 Å². The minimum absolute atomic E-state index is 0.771. The Morgan fingerprint density at radius 1 is 1.18 bits per heavy atom. The second-order valence-corrected chi connectivity index (χ2v) is 4.14. The Morgan fingerprint density at radius 2 is 1.68 bits per heavy atom. The molecule has 4 nitrogen and oxygen atoms in total. The zero-order valence-electron chi connectivity index (χ0n) is 10.5. The Kier molecular flexibility index (Phi) is 4.36. The van der Waals surface area contributed by atoms with Crippen LogP contribution in [-0.2, 0) is 7.05 Å². The zero-order chi connectivity index (χ0) is 17.5. The molecule has 0 saturated heterocycles. The van der Waals surface area contributed by atoms with E-state index in [0.717, 1.165) is 29.9 Å². The number of halogens is 8. The van der Waals surface area contributed by atoms with Gasteiger partial charge in [0.25, 0.3) is 0 Å². The molecule has 1 heterocycles. The Morgan fingerprint density at radius 3 is 2.05 bits per heavy atom. The maximum Gasteiger partial charge on any atom is 0.582 e. The lowest BCUT2D eigenvalue weighted by Gasteiger charge is -2.25. The van der Waals surface area contributed by atoms with Crippen molar-refractivity contribution in [1.29, 1.82) is 0 Å². The largest absolute Gasteiger partial charge is 0.582 e. The van der Waals surface area contributed by atoms with Gasteiger partial charge < -0.3 is 4.57 Å². The van der Waals surface area contributed by atoms with E-state index in [2.05, 4.69) is 0 Å². The summed E-state index contributed by atoms with van der Waals surface area (Å²) in [5.74, 6) is -15.6. The molecule has 1 aromatic heterocycles. The summed E-state index contributed by atoms with van der Waals surface area (Å²) in [4.78, 5) is 22.4. The van der Waals surface area contributed by atoms with Crippen LogP contribution in [0.1, 0.15) is 10.5 Å². The average Bonchev–Trinajstić information content (AvgIpc) is 2.82. The third-order valence-electron chi connectivity index (χ3n) is 2.67. The van der Waals surface area contributed by atoms with Crippen LogP contribution in [0.4, 0.5) is 35.1 Å². The molecule has 0 aromatic carbocycles. The highest BCUT2D eigenvalue weighted by atomic mass is 19.4. The van der Waals surface area contributed by atoms with E-state index in [4.69, 9.17) is 0 Å². The van der Waals surface area contributed by atoms with Crippen LogP contribution < -0.4 is 0 Å². The fourth-order valence-corrected chi connectivity index (χ4v) is 1.38. The Bertz CT molecular complexity index is 596. The highest BCUT2D eigenvalue weighted by Gasteiger charge is 2.85. The minimum Gasteiger partial charge on any atom is -0.343 e. The molecule has 0 aliphatic rings. The molecule has 22 heavy (non-hydrogen) atoms. The van der Waals surface area contributed by atoms with Crippen molar-refractivity contribution >= 4 is 5.91 Å². The van der Waals surface area contributed by atoms with Crippen LogP contribution in [-0.4, -0.2) is 39.6 Å². The van der Waals surface area contributed by atoms with E-state index in [0.29, 0.717) is 0 Å². The standard InChI is InChI=1S/C10H7F8N2O2/c1-19-4-2-3-5(19)6(21)20(22)10(17,18)9(15,16)8(13,14)7(11)12/h2-4,7H,1H3/q+1. The van der Waals surface area contributed by atoms with Gasteiger partial charge >= 0.3 is 30.2 Å². The molecule has 0 N–H and O–H groups in total. The van der Waals surface area contributed by atoms with E-state index in [1.807, 2.05) is 0 Å². The highest BCUT2D eigenvalue weighted by molar-refractivity contribution is 5.86. The number of amides is 1. The normalized spacial score (nSPS) is 13.5. The molecule has 124 valence electrons. The van der Waals surface area contributed by atoms with Crippen LogP contribution in [0.5, 0.6) is 0 Å². The maximum absolute atomic E-state index is 13.2. The number of hydrogen-bond donors (Lipinski definition) is 0. The van der Waals surface area contributed by atoms with Gasteiger partial charge in [-0.05, 0) is 12.1 Å². The summed E-state index contributed by atoms with van der Waals surface area (Å²) in [6, 6.07) is -4.55. The van der Waals surface area contributed by atoms with Crippen LogP contribution in [0.15, 0.2) is 18.3 Å². The quantitative estimate of drug-likeness (QED) is 0.470. The van der Waals surface area contributed by atoms with Crippen molar-refractivity contribution in [1.82, 2.24) is 4.57 Å². The van der Waals surface area contributed by atoms with Crippen molar-refractivity contribution in [2.24, 2.45) is 7.05 Å². The molecule has 1 aromatic rings. The van der Waals surface area contributed by atoms with Gasteiger partial charge in [0.15, 0.2) is 10.5 Å². The highest BCUT2D eigenvalue weighted by Crippen LogP contribution is 2.48. The molecular formula is C10H7F8N2O2+. The van der Waals surface area contributed by atoms with Crippen molar-refractivity contribution < 1.29 is 44.7 Å². The van der Waals surface area contributed by atoms with Crippen molar-refractivity contribution in [3.05, 3.63) is 28.9 Å². The van der Waals surface area contributed by atoms with Crippen molar-refractivity contribution in [2.45, 2.75) is 24.3 Å². The Labute approximate surface area is 116 Å². The summed E-state index contributed by atoms with van der Waals surface area (Å²) in [6.45, 7) is 0. The van der Waals surface area contributed by atoms with Gasteiger partial charge in [-0.25, -0.2) is 13.6 Å². The first-order valence-corrected chi connectivity index (χ1v) is 5.33. The summed E-state index contributed by atoms with van der Waals surface area (Å²) >= 11 is 0. The Balaban J connectivity index is 3.26. The third kappa shape index (κ3) is 2.46. The van der Waals surface area contributed by atoms with Crippen LogP contribution in [0.3, 0.4) is 0 Å². The lowest BCUT2D eigenvalue weighted by Crippen LogP contribution is -2.62. The molecule has 0 bridgehead atoms. The number of carbonyl (C=O) groups excluding carboxylic acids is 1. The second-order valence-electron chi connectivity index (χ2n) is 4.14. The maximum atomic E-state index is 13.2. The van der Waals surface area contributed by atoms with Crippen molar-refractivity contribution in [2.75, 3.05) is 0 Å². The van der Waals surface area contributed by atoms with E-state index in [1.165, 1.54) is 0 Å². The zero-order valence-corrected chi connectivity index (χ0v) is 10.5. The summed E-state index contributed by atoms with van der Waals surface area (Å²) < 4.78 is 100.0. The molecule has 1 rings (SSSR count). The first-order valence-electron chi connectivity index (χ1n) is 5.33. The predicted octanol–water partition coefficient (Wildman–Crippen LogP) is 3.07. The number of aryl methyl sites for hydroxylation is 1. The smallest absolute Gasteiger partial charge is 0.343 e. The van der Waals surface area contributed by atoms with E-state index < -0.39 is 40.7 Å². The molecule has 0 spiro atoms. The summed E-state index contributed by atoms with van der Waals surface area (Å²) in [5.41, 5.74) is -0.828. The number of aromatic nitrogens is 1. The molecule has 12 heteroatoms. The molecule has 0 radical (unpaired) electrons. The number of nitrogens with zero attached hydrogens (tertiary/aromatic N) is 2. The summed E-state index contributed by atoms with van der Waals surface area (Å²) in [7, 11) is 1.07. The number of alkyl halides is 8. The van der Waals surface area contributed by atoms with Gasteiger partial charge in [0.2, 0.25) is 0 Å². The molecule has 0 aliphatic heterocycles. The van der Waals surface area contributed by atoms with Gasteiger partial charge in [-0.2, -0.15) is 17.6 Å². The van der Waals surface area contributed by atoms with E-state index in [-0.39, 0.29) is 0 Å². The van der Waals surface area contributed by atoms with Crippen molar-refractivity contribution in [3.8, 4) is 0 Å². The Hall–Kier alpha value is -2.01. The van der Waals surface area contributed by atoms with E-state index in [9.17, 15) is 44.8 Å². The number of hydrogen-bond acceptors (Lipinski definition) is 2. The third-order valence-corrected chi connectivity index (χ3v) is 2.67. The van der Waals surface area contributed by atoms with Crippen molar-refractivity contribution in [3.63, 3.8) is 0 Å². The first-order chi connectivity index (χ1) is 9.78. The molecule has 0 atom stereocenters. The van der Waals surface area contributed by atoms with Gasteiger partial charge in [0, 0.05) is 18.2 Å². The molecule has 0 fully saturated rings. The average molecular weight is 339 g/mol. The topological polar surface area (TPSA) is 42.1 Å². The second kappa shape index (κ2) is 5.32. The van der Waals surface area contributed by atoms with Crippen LogP contribution in [0.2, 0.25) is 0 Å². The minimum atomic E-state index is -6.78. The number of nitroso groups, excluding NO2 is 1. The fourth-order valence-electron chi connectivity index (χ4n) is 1.38. The fraction of sp³-hybridized carbons (Fsp3) is 0.500. The summed E-state index contributed by atoms with van der Waals surface area (Å²) in [5, 5.41) is 0. The van der Waals surface area contributed by atoms with E-state index in [1.54, 1.807) is 0 Å². The van der Waals surface area contributed by atoms with Crippen LogP contribution in [0, 0.1) is 4.91 Å². The molecule has 0 unspecified atom stereocenters. The lowest BCUT2D eigenvalue weighted by molar-refractivity contribution is -0.663. The lowest BCUT2D eigenvalue weighted by atomic mass is 10.1. The molecule has 0 saturated carbocycles. The van der Waals surface area contributed by atoms with Gasteiger partial charge in [0.05, 0.1) is 0 Å². The number of carbonyl (C=O) groups is 1. The molecule has 1 amide bonds. The van der Waals surface area contributed by atoms with Crippen LogP contribution in [0.25, 0.3) is 0 Å². The molecule has 0 aliphatic carbocycles. The monoisotopic (exact) mass is 339 g/mol. The summed E-state index contributed by atoms with van der Waals surface area (Å²) in [6.07, 6.45) is -4.10. The van der Waals surface area contributed by atoms with Gasteiger partial charge in [0.1, 0.15) is 0 Å². The first kappa shape index (κ1) is 18.0. The van der Waals surface area contributed by atoms with Gasteiger partial charge in [-0.1, -0.05) is 0 Å². The van der Waals surface area contributed by atoms with Gasteiger partial charge in [-0.15, -0.1) is 8.78 Å². The SMILES string of the molecule is Cn1cccc1C(=O)[N+](=O)C(F)(F)C(F)(F)C(F)(F)C(F)F. The predicted molar refractivity (Wildman–Crippen MR) is 54.2 cm³/mol. The van der Waals surface area contributed by atoms with Gasteiger partial charge in [-0.3, -0.25) is 0 Å².